The molecule has 2 aromatic heterocycles. The number of amides is 1. The largest absolute Gasteiger partial charge is 0.463 e. The van der Waals surface area contributed by atoms with Gasteiger partial charge in [-0.25, -0.2) is 4.98 Å². The second kappa shape index (κ2) is 4.72. The van der Waals surface area contributed by atoms with Crippen molar-refractivity contribution in [2.45, 2.75) is 18.4 Å². The third-order valence-electron chi connectivity index (χ3n) is 2.74. The lowest BCUT2D eigenvalue weighted by atomic mass is 10.3. The maximum atomic E-state index is 11.7. The smallest absolute Gasteiger partial charge is 0.246 e. The molecule has 1 amide bonds. The lowest BCUT2D eigenvalue weighted by Crippen LogP contribution is -2.37. The van der Waals surface area contributed by atoms with E-state index in [1.54, 1.807) is 12.3 Å². The number of nitrogens with two attached hydrogens (primary N) is 1. The average Bonchev–Trinajstić information content (AvgIpc) is 2.76. The Kier molecular flexibility index (Phi) is 3.43. The Morgan fingerprint density at radius 3 is 2.94 bits per heavy atom. The number of nitrogens with zero attached hydrogens (tertiary/aromatic N) is 1. The molecule has 0 atom stereocenters. The summed E-state index contributed by atoms with van der Waals surface area (Å²) in [5.41, 5.74) is 5.84. The van der Waals surface area contributed by atoms with Gasteiger partial charge in [-0.15, -0.1) is 23.7 Å². The minimum absolute atomic E-state index is 0. The number of nitrogens with one attached hydrogen (secondary N) is 1. The maximum Gasteiger partial charge on any atom is 0.246 e. The number of furan rings is 1. The minimum Gasteiger partial charge on any atom is -0.463 e. The number of hydrogen-bond acceptors (Lipinski definition) is 5. The minimum atomic E-state index is -0.670. The van der Waals surface area contributed by atoms with E-state index in [9.17, 15) is 4.79 Å². The summed E-state index contributed by atoms with van der Waals surface area (Å²) >= 11 is 1.36. The van der Waals surface area contributed by atoms with Crippen LogP contribution in [0.5, 0.6) is 0 Å². The number of anilines is 1. The summed E-state index contributed by atoms with van der Waals surface area (Å²) in [6.45, 7) is 0. The van der Waals surface area contributed by atoms with Gasteiger partial charge in [0, 0.05) is 5.38 Å². The van der Waals surface area contributed by atoms with E-state index in [0.717, 1.165) is 18.5 Å². The van der Waals surface area contributed by atoms with Crippen LogP contribution >= 0.6 is 23.7 Å². The summed E-state index contributed by atoms with van der Waals surface area (Å²) in [6.07, 6.45) is 3.08. The van der Waals surface area contributed by atoms with Crippen LogP contribution in [-0.4, -0.2) is 16.4 Å². The van der Waals surface area contributed by atoms with Gasteiger partial charge in [-0.2, -0.15) is 0 Å². The quantitative estimate of drug-likeness (QED) is 0.906. The van der Waals surface area contributed by atoms with Gasteiger partial charge in [-0.1, -0.05) is 0 Å². The third kappa shape index (κ3) is 2.40. The lowest BCUT2D eigenvalue weighted by Gasteiger charge is -2.06. The molecule has 0 bridgehead atoms. The fraction of sp³-hybridized carbons (Fsp3) is 0.273. The maximum absolute atomic E-state index is 11.7. The Morgan fingerprint density at radius 2 is 2.33 bits per heavy atom. The van der Waals surface area contributed by atoms with Crippen molar-refractivity contribution in [1.29, 1.82) is 0 Å². The molecule has 0 spiro atoms. The van der Waals surface area contributed by atoms with E-state index in [1.165, 1.54) is 11.3 Å². The van der Waals surface area contributed by atoms with E-state index in [0.29, 0.717) is 10.9 Å². The van der Waals surface area contributed by atoms with E-state index in [2.05, 4.69) is 10.3 Å². The molecule has 3 N–H and O–H groups in total. The zero-order chi connectivity index (χ0) is 11.9. The van der Waals surface area contributed by atoms with E-state index in [4.69, 9.17) is 10.2 Å². The second-order valence-electron chi connectivity index (χ2n) is 4.13. The van der Waals surface area contributed by atoms with Gasteiger partial charge in [-0.05, 0) is 25.0 Å². The normalized spacial score (nSPS) is 15.8. The average molecular weight is 286 g/mol. The first-order chi connectivity index (χ1) is 8.17. The summed E-state index contributed by atoms with van der Waals surface area (Å²) in [7, 11) is 0. The number of aromatic nitrogens is 1. The molecule has 5 nitrogen and oxygen atoms in total. The molecule has 3 rings (SSSR count). The fourth-order valence-corrected chi connectivity index (χ4v) is 2.15. The summed E-state index contributed by atoms with van der Waals surface area (Å²) in [5, 5.41) is 5.12. The van der Waals surface area contributed by atoms with Crippen molar-refractivity contribution >= 4 is 34.8 Å². The Morgan fingerprint density at radius 1 is 1.56 bits per heavy atom. The zero-order valence-corrected chi connectivity index (χ0v) is 11.0. The van der Waals surface area contributed by atoms with Gasteiger partial charge in [0.2, 0.25) is 5.91 Å². The van der Waals surface area contributed by atoms with Crippen LogP contribution in [0.15, 0.2) is 28.2 Å². The highest BCUT2D eigenvalue weighted by atomic mass is 35.5. The zero-order valence-electron chi connectivity index (χ0n) is 9.38. The fourth-order valence-electron chi connectivity index (χ4n) is 1.45. The first-order valence-corrected chi connectivity index (χ1v) is 6.15. The molecule has 1 fully saturated rings. The molecule has 1 aliphatic rings. The van der Waals surface area contributed by atoms with Crippen molar-refractivity contribution in [1.82, 2.24) is 4.98 Å². The van der Waals surface area contributed by atoms with Crippen LogP contribution in [0.3, 0.4) is 0 Å². The van der Waals surface area contributed by atoms with E-state index in [-0.39, 0.29) is 18.3 Å². The predicted molar refractivity (Wildman–Crippen MR) is 71.8 cm³/mol. The van der Waals surface area contributed by atoms with Gasteiger partial charge in [-0.3, -0.25) is 4.79 Å². The first kappa shape index (κ1) is 13.1. The van der Waals surface area contributed by atoms with Gasteiger partial charge < -0.3 is 15.5 Å². The molecule has 0 unspecified atom stereocenters. The molecule has 0 saturated heterocycles. The predicted octanol–water partition coefficient (Wildman–Crippen LogP) is 2.25. The van der Waals surface area contributed by atoms with Crippen molar-refractivity contribution in [3.63, 3.8) is 0 Å². The molecule has 0 aromatic carbocycles. The molecular weight excluding hydrogens is 274 g/mol. The molecule has 18 heavy (non-hydrogen) atoms. The van der Waals surface area contributed by atoms with Gasteiger partial charge in [0.1, 0.15) is 5.69 Å². The molecular formula is C11H12ClN3O2S. The molecule has 2 aromatic rings. The van der Waals surface area contributed by atoms with Gasteiger partial charge in [0.25, 0.3) is 0 Å². The standard InChI is InChI=1S/C11H11N3O2S.ClH/c12-11(3-4-11)9(15)14-10-13-7(6-17-10)8-2-1-5-16-8;/h1-2,5-6H,3-4,12H2,(H,13,14,15);1H. The number of halogens is 1. The monoisotopic (exact) mass is 285 g/mol. The Balaban J connectivity index is 0.00000120. The molecule has 7 heteroatoms. The molecule has 0 aliphatic heterocycles. The topological polar surface area (TPSA) is 81.2 Å². The summed E-state index contributed by atoms with van der Waals surface area (Å²) in [6, 6.07) is 3.62. The number of carbonyl (C=O) groups excluding carboxylic acids is 1. The van der Waals surface area contributed by atoms with Crippen LogP contribution < -0.4 is 11.1 Å². The van der Waals surface area contributed by atoms with Crippen LogP contribution in [0.25, 0.3) is 11.5 Å². The highest BCUT2D eigenvalue weighted by Crippen LogP contribution is 2.34. The van der Waals surface area contributed by atoms with Crippen LogP contribution in [0.4, 0.5) is 5.13 Å². The van der Waals surface area contributed by atoms with Gasteiger partial charge in [0.15, 0.2) is 10.9 Å². The molecule has 0 radical (unpaired) electrons. The molecule has 1 saturated carbocycles. The first-order valence-electron chi connectivity index (χ1n) is 5.27. The van der Waals surface area contributed by atoms with Crippen LogP contribution in [0.1, 0.15) is 12.8 Å². The number of carbonyl (C=O) groups is 1. The molecule has 2 heterocycles. The van der Waals surface area contributed by atoms with Crippen LogP contribution in [0.2, 0.25) is 0 Å². The number of hydrogen-bond donors (Lipinski definition) is 2. The Bertz CT molecular complexity index is 548. The van der Waals surface area contributed by atoms with Crippen LogP contribution in [-0.2, 0) is 4.79 Å². The SMILES string of the molecule is Cl.NC1(C(=O)Nc2nc(-c3ccco3)cs2)CC1. The van der Waals surface area contributed by atoms with Crippen molar-refractivity contribution in [3.05, 3.63) is 23.8 Å². The molecule has 96 valence electrons. The van der Waals surface area contributed by atoms with Crippen LogP contribution in [0, 0.1) is 0 Å². The lowest BCUT2D eigenvalue weighted by molar-refractivity contribution is -0.118. The van der Waals surface area contributed by atoms with Crippen molar-refractivity contribution in [2.75, 3.05) is 5.32 Å². The highest BCUT2D eigenvalue weighted by molar-refractivity contribution is 7.14. The van der Waals surface area contributed by atoms with Crippen molar-refractivity contribution < 1.29 is 9.21 Å². The molecule has 1 aliphatic carbocycles. The van der Waals surface area contributed by atoms with Crippen molar-refractivity contribution in [3.8, 4) is 11.5 Å². The highest BCUT2D eigenvalue weighted by Gasteiger charge is 2.46. The summed E-state index contributed by atoms with van der Waals surface area (Å²) in [4.78, 5) is 16.0. The second-order valence-corrected chi connectivity index (χ2v) is 4.98. The Labute approximate surface area is 114 Å². The number of thiazole rings is 1. The number of rotatable bonds is 3. The summed E-state index contributed by atoms with van der Waals surface area (Å²) < 4.78 is 5.22. The van der Waals surface area contributed by atoms with Crippen molar-refractivity contribution in [2.24, 2.45) is 5.73 Å². The van der Waals surface area contributed by atoms with E-state index < -0.39 is 5.54 Å². The van der Waals surface area contributed by atoms with E-state index >= 15 is 0 Å². The van der Waals surface area contributed by atoms with E-state index in [1.807, 2.05) is 11.4 Å². The summed E-state index contributed by atoms with van der Waals surface area (Å²) in [5.74, 6) is 0.536. The Hall–Kier alpha value is -1.37. The third-order valence-corrected chi connectivity index (χ3v) is 3.50. The van der Waals surface area contributed by atoms with Gasteiger partial charge >= 0.3 is 0 Å². The van der Waals surface area contributed by atoms with Gasteiger partial charge in [0.05, 0.1) is 11.8 Å².